The highest BCUT2D eigenvalue weighted by molar-refractivity contribution is 5.80. The van der Waals surface area contributed by atoms with Gasteiger partial charge in [-0.3, -0.25) is 9.67 Å². The first kappa shape index (κ1) is 18.3. The van der Waals surface area contributed by atoms with Gasteiger partial charge >= 0.3 is 0 Å². The second-order valence-corrected chi connectivity index (χ2v) is 6.24. The smallest absolute Gasteiger partial charge is 0.194 e. The molecule has 2 N–H and O–H groups in total. The lowest BCUT2D eigenvalue weighted by molar-refractivity contribution is -0.00805. The molecule has 0 bridgehead atoms. The molecule has 1 aromatic heterocycles. The van der Waals surface area contributed by atoms with Crippen molar-refractivity contribution in [3.8, 4) is 0 Å². The number of ether oxygens (including phenoxy) is 1. The Hall–Kier alpha value is -2.45. The van der Waals surface area contributed by atoms with Crippen molar-refractivity contribution in [3.63, 3.8) is 0 Å². The molecule has 1 atom stereocenters. The third kappa shape index (κ3) is 4.20. The van der Waals surface area contributed by atoms with Crippen LogP contribution in [0.25, 0.3) is 0 Å². The minimum atomic E-state index is -0.395. The summed E-state index contributed by atoms with van der Waals surface area (Å²) in [5, 5.41) is 16.7. The van der Waals surface area contributed by atoms with Crippen molar-refractivity contribution in [1.29, 1.82) is 0 Å². The Balaban J connectivity index is 1.63. The number of hydrogen-bond acceptors (Lipinski definition) is 4. The summed E-state index contributed by atoms with van der Waals surface area (Å²) in [6.07, 6.45) is 3.72. The van der Waals surface area contributed by atoms with Gasteiger partial charge in [-0.25, -0.2) is 4.39 Å². The minimum absolute atomic E-state index is 0.0530. The monoisotopic (exact) mass is 361 g/mol. The van der Waals surface area contributed by atoms with Gasteiger partial charge in [-0.1, -0.05) is 6.07 Å². The van der Waals surface area contributed by atoms with Gasteiger partial charge in [0.2, 0.25) is 0 Å². The Kier molecular flexibility index (Phi) is 5.85. The van der Waals surface area contributed by atoms with Gasteiger partial charge in [0.1, 0.15) is 11.9 Å². The molecule has 1 aromatic carbocycles. The molecule has 3 rings (SSSR count). The maximum Gasteiger partial charge on any atom is 0.194 e. The highest BCUT2D eigenvalue weighted by Crippen LogP contribution is 2.21. The third-order valence-corrected chi connectivity index (χ3v) is 4.41. The van der Waals surface area contributed by atoms with E-state index in [1.165, 1.54) is 6.07 Å². The topological polar surface area (TPSA) is 74.9 Å². The normalized spacial score (nSPS) is 18.2. The average molecular weight is 361 g/mol. The average Bonchev–Trinajstić information content (AvgIpc) is 3.10. The van der Waals surface area contributed by atoms with E-state index in [1.54, 1.807) is 23.9 Å². The Labute approximate surface area is 152 Å². The SMILES string of the molecule is CN=C(NCc1ccc(F)c(CO)c1)N1CCOC(c2cnn(C)c2)C1. The zero-order valence-corrected chi connectivity index (χ0v) is 15.0. The number of aryl methyl sites for hydroxylation is 1. The molecule has 2 heterocycles. The predicted molar refractivity (Wildman–Crippen MR) is 96.0 cm³/mol. The predicted octanol–water partition coefficient (Wildman–Crippen LogP) is 1.20. The molecule has 0 saturated carbocycles. The molecule has 8 heteroatoms. The number of benzene rings is 1. The van der Waals surface area contributed by atoms with Gasteiger partial charge in [0, 0.05) is 44.5 Å². The van der Waals surface area contributed by atoms with E-state index in [4.69, 9.17) is 4.74 Å². The van der Waals surface area contributed by atoms with Crippen LogP contribution in [0.3, 0.4) is 0 Å². The van der Waals surface area contributed by atoms with E-state index in [9.17, 15) is 9.50 Å². The summed E-state index contributed by atoms with van der Waals surface area (Å²) >= 11 is 0. The van der Waals surface area contributed by atoms with Crippen LogP contribution in [0.15, 0.2) is 35.6 Å². The highest BCUT2D eigenvalue weighted by Gasteiger charge is 2.25. The van der Waals surface area contributed by atoms with Gasteiger partial charge in [-0.05, 0) is 17.7 Å². The molecule has 2 aromatic rings. The number of nitrogens with one attached hydrogen (secondary N) is 1. The molecular formula is C18H24FN5O2. The fourth-order valence-electron chi connectivity index (χ4n) is 3.02. The Morgan fingerprint density at radius 2 is 2.35 bits per heavy atom. The number of halogens is 1. The van der Waals surface area contributed by atoms with Crippen molar-refractivity contribution in [2.24, 2.45) is 12.0 Å². The van der Waals surface area contributed by atoms with E-state index < -0.39 is 5.82 Å². The molecule has 1 aliphatic heterocycles. The molecule has 1 saturated heterocycles. The second kappa shape index (κ2) is 8.29. The Bertz CT molecular complexity index is 777. The number of aromatic nitrogens is 2. The van der Waals surface area contributed by atoms with Gasteiger partial charge in [0.05, 0.1) is 26.0 Å². The number of morpholine rings is 1. The summed E-state index contributed by atoms with van der Waals surface area (Å²) < 4.78 is 21.1. The first-order chi connectivity index (χ1) is 12.6. The van der Waals surface area contributed by atoms with E-state index >= 15 is 0 Å². The largest absolute Gasteiger partial charge is 0.392 e. The number of aliphatic hydroxyl groups excluding tert-OH is 1. The first-order valence-corrected chi connectivity index (χ1v) is 8.54. The standard InChI is InChI=1S/C18H24FN5O2/c1-20-18(21-8-13-3-4-16(19)14(7-13)12-25)24-5-6-26-17(11-24)15-9-22-23(2)10-15/h3-4,7,9-10,17,25H,5-6,8,11-12H2,1-2H3,(H,20,21). The molecule has 1 aliphatic rings. The fourth-order valence-corrected chi connectivity index (χ4v) is 3.02. The van der Waals surface area contributed by atoms with E-state index in [0.717, 1.165) is 23.6 Å². The lowest BCUT2D eigenvalue weighted by atomic mass is 10.1. The van der Waals surface area contributed by atoms with Crippen molar-refractivity contribution in [2.45, 2.75) is 19.3 Å². The van der Waals surface area contributed by atoms with Crippen molar-refractivity contribution in [2.75, 3.05) is 26.7 Å². The van der Waals surface area contributed by atoms with Crippen molar-refractivity contribution >= 4 is 5.96 Å². The molecule has 0 aliphatic carbocycles. The van der Waals surface area contributed by atoms with E-state index in [1.807, 2.05) is 19.4 Å². The molecule has 1 fully saturated rings. The summed E-state index contributed by atoms with van der Waals surface area (Å²) in [5.74, 6) is 0.366. The summed E-state index contributed by atoms with van der Waals surface area (Å²) in [7, 11) is 3.62. The molecule has 7 nitrogen and oxygen atoms in total. The van der Waals surface area contributed by atoms with Gasteiger partial charge in [0.15, 0.2) is 5.96 Å². The lowest BCUT2D eigenvalue weighted by Gasteiger charge is -2.34. The summed E-state index contributed by atoms with van der Waals surface area (Å²) in [6.45, 7) is 2.20. The van der Waals surface area contributed by atoms with Crippen molar-refractivity contribution in [1.82, 2.24) is 20.0 Å². The van der Waals surface area contributed by atoms with Crippen LogP contribution in [0.4, 0.5) is 4.39 Å². The zero-order chi connectivity index (χ0) is 18.5. The number of aliphatic hydroxyl groups is 1. The maximum atomic E-state index is 13.5. The quantitative estimate of drug-likeness (QED) is 0.632. The highest BCUT2D eigenvalue weighted by atomic mass is 19.1. The molecule has 0 radical (unpaired) electrons. The van der Waals surface area contributed by atoms with Crippen LogP contribution in [0.1, 0.15) is 22.8 Å². The third-order valence-electron chi connectivity index (χ3n) is 4.41. The van der Waals surface area contributed by atoms with Crippen LogP contribution < -0.4 is 5.32 Å². The van der Waals surface area contributed by atoms with Gasteiger partial charge < -0.3 is 20.1 Å². The van der Waals surface area contributed by atoms with Crippen LogP contribution in [0, 0.1) is 5.82 Å². The van der Waals surface area contributed by atoms with Gasteiger partial charge in [-0.2, -0.15) is 5.10 Å². The van der Waals surface area contributed by atoms with E-state index in [0.29, 0.717) is 25.3 Å². The van der Waals surface area contributed by atoms with Crippen LogP contribution in [0.2, 0.25) is 0 Å². The number of rotatable bonds is 4. The number of aliphatic imine (C=N–C) groups is 1. The van der Waals surface area contributed by atoms with Gasteiger partial charge in [-0.15, -0.1) is 0 Å². The Morgan fingerprint density at radius 3 is 3.04 bits per heavy atom. The maximum absolute atomic E-state index is 13.5. The zero-order valence-electron chi connectivity index (χ0n) is 15.0. The Morgan fingerprint density at radius 1 is 1.50 bits per heavy atom. The van der Waals surface area contributed by atoms with Crippen LogP contribution in [-0.2, 0) is 24.9 Å². The summed E-state index contributed by atoms with van der Waals surface area (Å²) in [4.78, 5) is 6.49. The van der Waals surface area contributed by atoms with Crippen molar-refractivity contribution < 1.29 is 14.2 Å². The summed E-state index contributed by atoms with van der Waals surface area (Å²) in [5.41, 5.74) is 2.22. The number of hydrogen-bond donors (Lipinski definition) is 2. The number of nitrogens with zero attached hydrogens (tertiary/aromatic N) is 4. The first-order valence-electron chi connectivity index (χ1n) is 8.54. The second-order valence-electron chi connectivity index (χ2n) is 6.24. The van der Waals surface area contributed by atoms with Gasteiger partial charge in [0.25, 0.3) is 0 Å². The number of guanidine groups is 1. The fraction of sp³-hybridized carbons (Fsp3) is 0.444. The molecule has 1 unspecified atom stereocenters. The van der Waals surface area contributed by atoms with Crippen LogP contribution in [-0.4, -0.2) is 52.5 Å². The molecule has 0 amide bonds. The molecule has 140 valence electrons. The van der Waals surface area contributed by atoms with Crippen molar-refractivity contribution in [3.05, 3.63) is 53.1 Å². The van der Waals surface area contributed by atoms with Crippen LogP contribution in [0.5, 0.6) is 0 Å². The van der Waals surface area contributed by atoms with E-state index in [2.05, 4.69) is 20.3 Å². The minimum Gasteiger partial charge on any atom is -0.392 e. The molecule has 0 spiro atoms. The molecule has 26 heavy (non-hydrogen) atoms. The lowest BCUT2D eigenvalue weighted by Crippen LogP contribution is -2.47. The van der Waals surface area contributed by atoms with E-state index in [-0.39, 0.29) is 12.7 Å². The summed E-state index contributed by atoms with van der Waals surface area (Å²) in [6, 6.07) is 4.73. The van der Waals surface area contributed by atoms with Crippen LogP contribution >= 0.6 is 0 Å². The molecular weight excluding hydrogens is 337 g/mol.